The Morgan fingerprint density at radius 3 is 2.94 bits per heavy atom. The molecule has 0 atom stereocenters. The second-order valence-corrected chi connectivity index (χ2v) is 5.31. The third-order valence-electron chi connectivity index (χ3n) is 3.19. The first kappa shape index (κ1) is 10.8. The molecule has 0 amide bonds. The Bertz CT molecular complexity index is 483. The average Bonchev–Trinajstić information content (AvgIpc) is 2.99. The van der Waals surface area contributed by atoms with E-state index in [4.69, 9.17) is 5.73 Å². The molecule has 3 rings (SSSR count). The molecule has 1 aliphatic heterocycles. The third kappa shape index (κ3) is 2.08. The van der Waals surface area contributed by atoms with Gasteiger partial charge in [0.2, 0.25) is 0 Å². The van der Waals surface area contributed by atoms with Crippen molar-refractivity contribution in [2.75, 3.05) is 18.8 Å². The van der Waals surface area contributed by atoms with Crippen molar-refractivity contribution < 1.29 is 0 Å². The molecule has 0 aliphatic carbocycles. The van der Waals surface area contributed by atoms with Gasteiger partial charge in [-0.15, -0.1) is 11.3 Å². The normalized spacial score (nSPS) is 17.4. The van der Waals surface area contributed by atoms with Gasteiger partial charge in [0.15, 0.2) is 0 Å². The zero-order valence-corrected chi connectivity index (χ0v) is 10.4. The standard InChI is InChI=1S/C12H16N4S/c13-12-8-10(11-2-1-7-17-11)15-16(12)9-3-5-14-6-4-9/h1-2,7-9,14H,3-6,13H2. The Labute approximate surface area is 104 Å². The lowest BCUT2D eigenvalue weighted by Gasteiger charge is -2.23. The molecule has 4 nitrogen and oxygen atoms in total. The Kier molecular flexibility index (Phi) is 2.86. The first-order valence-electron chi connectivity index (χ1n) is 5.94. The number of thiophene rings is 1. The fourth-order valence-electron chi connectivity index (χ4n) is 2.30. The van der Waals surface area contributed by atoms with Crippen LogP contribution in [0.1, 0.15) is 18.9 Å². The van der Waals surface area contributed by atoms with Gasteiger partial charge in [-0.2, -0.15) is 5.10 Å². The average molecular weight is 248 g/mol. The van der Waals surface area contributed by atoms with Crippen LogP contribution in [-0.2, 0) is 0 Å². The summed E-state index contributed by atoms with van der Waals surface area (Å²) in [5.74, 6) is 0.778. The van der Waals surface area contributed by atoms with E-state index in [1.165, 1.54) is 4.88 Å². The number of piperidine rings is 1. The summed E-state index contributed by atoms with van der Waals surface area (Å²) in [6.07, 6.45) is 2.21. The summed E-state index contributed by atoms with van der Waals surface area (Å²) >= 11 is 1.70. The molecule has 17 heavy (non-hydrogen) atoms. The van der Waals surface area contributed by atoms with E-state index in [1.807, 2.05) is 16.8 Å². The van der Waals surface area contributed by atoms with Gasteiger partial charge in [-0.3, -0.25) is 0 Å². The molecule has 0 aromatic carbocycles. The zero-order chi connectivity index (χ0) is 11.7. The second-order valence-electron chi connectivity index (χ2n) is 4.36. The fourth-order valence-corrected chi connectivity index (χ4v) is 2.98. The fraction of sp³-hybridized carbons (Fsp3) is 0.417. The Hall–Kier alpha value is -1.33. The lowest BCUT2D eigenvalue weighted by molar-refractivity contribution is 0.347. The molecule has 90 valence electrons. The van der Waals surface area contributed by atoms with Gasteiger partial charge >= 0.3 is 0 Å². The molecular formula is C12H16N4S. The van der Waals surface area contributed by atoms with Crippen LogP contribution in [0.5, 0.6) is 0 Å². The Morgan fingerprint density at radius 2 is 2.24 bits per heavy atom. The Balaban J connectivity index is 1.90. The van der Waals surface area contributed by atoms with Crippen LogP contribution in [0.25, 0.3) is 10.6 Å². The Morgan fingerprint density at radius 1 is 1.41 bits per heavy atom. The van der Waals surface area contributed by atoms with Crippen LogP contribution < -0.4 is 11.1 Å². The molecule has 2 aromatic rings. The molecule has 0 bridgehead atoms. The smallest absolute Gasteiger partial charge is 0.122 e. The molecule has 5 heteroatoms. The van der Waals surface area contributed by atoms with Crippen molar-refractivity contribution in [3.05, 3.63) is 23.6 Å². The molecule has 1 fully saturated rings. The van der Waals surface area contributed by atoms with E-state index in [0.29, 0.717) is 6.04 Å². The first-order chi connectivity index (χ1) is 8.34. The van der Waals surface area contributed by atoms with Crippen LogP contribution in [0.3, 0.4) is 0 Å². The molecule has 0 saturated carbocycles. The number of hydrogen-bond acceptors (Lipinski definition) is 4. The van der Waals surface area contributed by atoms with Crippen molar-refractivity contribution >= 4 is 17.2 Å². The monoisotopic (exact) mass is 248 g/mol. The molecule has 2 aromatic heterocycles. The molecule has 3 N–H and O–H groups in total. The van der Waals surface area contributed by atoms with E-state index < -0.39 is 0 Å². The molecular weight excluding hydrogens is 232 g/mol. The van der Waals surface area contributed by atoms with Crippen LogP contribution in [0.15, 0.2) is 23.6 Å². The summed E-state index contributed by atoms with van der Waals surface area (Å²) < 4.78 is 2.00. The van der Waals surface area contributed by atoms with E-state index in [0.717, 1.165) is 37.4 Å². The summed E-state index contributed by atoms with van der Waals surface area (Å²) in [4.78, 5) is 1.18. The summed E-state index contributed by atoms with van der Waals surface area (Å²) in [7, 11) is 0. The maximum atomic E-state index is 6.06. The molecule has 0 spiro atoms. The van der Waals surface area contributed by atoms with Crippen molar-refractivity contribution in [1.29, 1.82) is 0 Å². The summed E-state index contributed by atoms with van der Waals surface area (Å²) in [5.41, 5.74) is 7.06. The number of nitrogens with two attached hydrogens (primary N) is 1. The highest BCUT2D eigenvalue weighted by atomic mass is 32.1. The minimum Gasteiger partial charge on any atom is -0.384 e. The number of anilines is 1. The third-order valence-corrected chi connectivity index (χ3v) is 4.09. The SMILES string of the molecule is Nc1cc(-c2cccs2)nn1C1CCNCC1. The predicted molar refractivity (Wildman–Crippen MR) is 71.1 cm³/mol. The van der Waals surface area contributed by atoms with Crippen LogP contribution in [-0.4, -0.2) is 22.9 Å². The molecule has 3 heterocycles. The highest BCUT2D eigenvalue weighted by Crippen LogP contribution is 2.28. The number of nitrogens with one attached hydrogen (secondary N) is 1. The minimum absolute atomic E-state index is 0.449. The zero-order valence-electron chi connectivity index (χ0n) is 9.60. The molecule has 0 radical (unpaired) electrons. The number of hydrogen-bond donors (Lipinski definition) is 2. The van der Waals surface area contributed by atoms with Crippen molar-refractivity contribution in [2.24, 2.45) is 0 Å². The predicted octanol–water partition coefficient (Wildman–Crippen LogP) is 2.12. The lowest BCUT2D eigenvalue weighted by Crippen LogP contribution is -2.30. The van der Waals surface area contributed by atoms with Gasteiger partial charge in [-0.05, 0) is 37.4 Å². The topological polar surface area (TPSA) is 55.9 Å². The number of aromatic nitrogens is 2. The van der Waals surface area contributed by atoms with Crippen molar-refractivity contribution in [3.63, 3.8) is 0 Å². The van der Waals surface area contributed by atoms with Crippen molar-refractivity contribution in [3.8, 4) is 10.6 Å². The molecule has 1 aliphatic rings. The van der Waals surface area contributed by atoms with Crippen molar-refractivity contribution in [2.45, 2.75) is 18.9 Å². The maximum Gasteiger partial charge on any atom is 0.122 e. The van der Waals surface area contributed by atoms with E-state index in [2.05, 4.69) is 21.9 Å². The summed E-state index contributed by atoms with van der Waals surface area (Å²) in [6, 6.07) is 6.55. The van der Waals surface area contributed by atoms with Gasteiger partial charge in [-0.1, -0.05) is 6.07 Å². The van der Waals surface area contributed by atoms with E-state index in [9.17, 15) is 0 Å². The highest BCUT2D eigenvalue weighted by molar-refractivity contribution is 7.13. The van der Waals surface area contributed by atoms with Gasteiger partial charge in [0.05, 0.1) is 10.9 Å². The van der Waals surface area contributed by atoms with Gasteiger partial charge in [0, 0.05) is 6.07 Å². The van der Waals surface area contributed by atoms with E-state index in [1.54, 1.807) is 11.3 Å². The highest BCUT2D eigenvalue weighted by Gasteiger charge is 2.19. The van der Waals surface area contributed by atoms with Gasteiger partial charge < -0.3 is 11.1 Å². The largest absolute Gasteiger partial charge is 0.384 e. The van der Waals surface area contributed by atoms with Crippen LogP contribution in [0.2, 0.25) is 0 Å². The molecule has 0 unspecified atom stereocenters. The van der Waals surface area contributed by atoms with Gasteiger partial charge in [0.25, 0.3) is 0 Å². The van der Waals surface area contributed by atoms with E-state index >= 15 is 0 Å². The van der Waals surface area contributed by atoms with Crippen LogP contribution >= 0.6 is 11.3 Å². The summed E-state index contributed by atoms with van der Waals surface area (Å²) in [6.45, 7) is 2.11. The van der Waals surface area contributed by atoms with E-state index in [-0.39, 0.29) is 0 Å². The van der Waals surface area contributed by atoms with Gasteiger partial charge in [-0.25, -0.2) is 4.68 Å². The number of nitrogens with zero attached hydrogens (tertiary/aromatic N) is 2. The van der Waals surface area contributed by atoms with Crippen LogP contribution in [0.4, 0.5) is 5.82 Å². The minimum atomic E-state index is 0.449. The van der Waals surface area contributed by atoms with Crippen LogP contribution in [0, 0.1) is 0 Å². The van der Waals surface area contributed by atoms with Gasteiger partial charge in [0.1, 0.15) is 11.5 Å². The molecule has 1 saturated heterocycles. The number of rotatable bonds is 2. The quantitative estimate of drug-likeness (QED) is 0.856. The van der Waals surface area contributed by atoms with Crippen molar-refractivity contribution in [1.82, 2.24) is 15.1 Å². The first-order valence-corrected chi connectivity index (χ1v) is 6.82. The maximum absolute atomic E-state index is 6.06. The summed E-state index contributed by atoms with van der Waals surface area (Å²) in [5, 5.41) is 10.1. The number of nitrogen functional groups attached to an aromatic ring is 1. The second kappa shape index (κ2) is 4.50. The lowest BCUT2D eigenvalue weighted by atomic mass is 10.1.